The van der Waals surface area contributed by atoms with Gasteiger partial charge in [-0.3, -0.25) is 0 Å². The quantitative estimate of drug-likeness (QED) is 0.790. The molecule has 0 spiro atoms. The van der Waals surface area contributed by atoms with Gasteiger partial charge in [-0.1, -0.05) is 52.3 Å². The number of nitrogens with zero attached hydrogens (tertiary/aromatic N) is 1. The Morgan fingerprint density at radius 1 is 1.33 bits per heavy atom. The monoisotopic (exact) mass is 265 g/mol. The van der Waals surface area contributed by atoms with Crippen LogP contribution in [0.2, 0.25) is 0 Å². The molecule has 0 N–H and O–H groups in total. The molecule has 0 bridgehead atoms. The summed E-state index contributed by atoms with van der Waals surface area (Å²) in [5, 5.41) is 4.76. The third-order valence-electron chi connectivity index (χ3n) is 2.36. The second-order valence-corrected chi connectivity index (χ2v) is 3.88. The van der Waals surface area contributed by atoms with Gasteiger partial charge in [-0.25, -0.2) is 0 Å². The van der Waals surface area contributed by atoms with Gasteiger partial charge in [0.25, 0.3) is 0 Å². The first kappa shape index (κ1) is 10.4. The van der Waals surface area contributed by atoms with Gasteiger partial charge in [0.2, 0.25) is 0 Å². The molecule has 0 saturated heterocycles. The molecule has 1 aromatic heterocycles. The van der Waals surface area contributed by atoms with Crippen molar-refractivity contribution < 1.29 is 4.52 Å². The predicted octanol–water partition coefficient (Wildman–Crippen LogP) is 3.80. The fraction of sp³-hybridized carbons (Fsp3) is 0.250. The van der Waals surface area contributed by atoms with E-state index in [0.29, 0.717) is 5.33 Å². The van der Waals surface area contributed by atoms with Crippen LogP contribution < -0.4 is 0 Å². The normalized spacial score (nSPS) is 10.5. The molecule has 0 aliphatic carbocycles. The van der Waals surface area contributed by atoms with Gasteiger partial charge in [0.05, 0.1) is 5.33 Å². The van der Waals surface area contributed by atoms with Crippen molar-refractivity contribution in [1.82, 2.24) is 5.16 Å². The van der Waals surface area contributed by atoms with E-state index >= 15 is 0 Å². The Hall–Kier alpha value is -1.09. The van der Waals surface area contributed by atoms with Crippen molar-refractivity contribution in [3.05, 3.63) is 41.7 Å². The summed E-state index contributed by atoms with van der Waals surface area (Å²) in [7, 11) is 0. The summed E-state index contributed by atoms with van der Waals surface area (Å²) in [5.74, 6) is 0.857. The average Bonchev–Trinajstić information content (AvgIpc) is 2.77. The van der Waals surface area contributed by atoms with Gasteiger partial charge in [-0.05, 0) is 12.0 Å². The predicted molar refractivity (Wildman–Crippen MR) is 63.9 cm³/mol. The van der Waals surface area contributed by atoms with E-state index in [4.69, 9.17) is 4.52 Å². The van der Waals surface area contributed by atoms with Crippen LogP contribution in [0.1, 0.15) is 18.2 Å². The third kappa shape index (κ3) is 2.12. The van der Waals surface area contributed by atoms with E-state index in [1.165, 1.54) is 5.56 Å². The van der Waals surface area contributed by atoms with E-state index in [-0.39, 0.29) is 0 Å². The van der Waals surface area contributed by atoms with Crippen molar-refractivity contribution in [3.8, 4) is 11.3 Å². The lowest BCUT2D eigenvalue weighted by Gasteiger charge is -2.02. The topological polar surface area (TPSA) is 26.0 Å². The van der Waals surface area contributed by atoms with Crippen molar-refractivity contribution in [2.75, 3.05) is 0 Å². The Morgan fingerprint density at radius 2 is 2.13 bits per heavy atom. The van der Waals surface area contributed by atoms with Crippen molar-refractivity contribution in [2.45, 2.75) is 18.7 Å². The Labute approximate surface area is 97.4 Å². The van der Waals surface area contributed by atoms with E-state index in [1.54, 1.807) is 0 Å². The first-order valence-electron chi connectivity index (χ1n) is 4.95. The minimum Gasteiger partial charge on any atom is -0.360 e. The highest BCUT2D eigenvalue weighted by molar-refractivity contribution is 9.08. The summed E-state index contributed by atoms with van der Waals surface area (Å²) in [6.07, 6.45) is 1.01. The van der Waals surface area contributed by atoms with Gasteiger partial charge in [-0.2, -0.15) is 0 Å². The molecule has 0 aliphatic rings. The van der Waals surface area contributed by atoms with Crippen molar-refractivity contribution >= 4 is 15.9 Å². The third-order valence-corrected chi connectivity index (χ3v) is 2.92. The molecular formula is C12H12BrNO. The zero-order valence-corrected chi connectivity index (χ0v) is 10.1. The van der Waals surface area contributed by atoms with Crippen LogP contribution in [0.4, 0.5) is 0 Å². The molecule has 2 aromatic rings. The second kappa shape index (κ2) is 4.62. The number of rotatable bonds is 3. The van der Waals surface area contributed by atoms with Gasteiger partial charge in [0.1, 0.15) is 11.5 Å². The van der Waals surface area contributed by atoms with Gasteiger partial charge in [-0.15, -0.1) is 0 Å². The Morgan fingerprint density at radius 3 is 2.80 bits per heavy atom. The van der Waals surface area contributed by atoms with E-state index in [2.05, 4.69) is 40.1 Å². The minimum absolute atomic E-state index is 0.703. The van der Waals surface area contributed by atoms with Crippen LogP contribution in [0.3, 0.4) is 0 Å². The van der Waals surface area contributed by atoms with E-state index in [9.17, 15) is 0 Å². The summed E-state index contributed by atoms with van der Waals surface area (Å²) >= 11 is 3.35. The van der Waals surface area contributed by atoms with Crippen LogP contribution in [0.5, 0.6) is 0 Å². The van der Waals surface area contributed by atoms with Gasteiger partial charge >= 0.3 is 0 Å². The van der Waals surface area contributed by atoms with E-state index in [1.807, 2.05) is 18.2 Å². The first-order chi connectivity index (χ1) is 7.35. The van der Waals surface area contributed by atoms with Crippen LogP contribution in [0.25, 0.3) is 11.3 Å². The number of hydrogen-bond donors (Lipinski definition) is 0. The summed E-state index contributed by atoms with van der Waals surface area (Å²) in [4.78, 5) is 0. The molecule has 3 heteroatoms. The molecular weight excluding hydrogens is 254 g/mol. The van der Waals surface area contributed by atoms with Crippen LogP contribution in [0, 0.1) is 0 Å². The molecule has 1 heterocycles. The maximum absolute atomic E-state index is 5.17. The molecule has 0 atom stereocenters. The van der Waals surface area contributed by atoms with Crippen molar-refractivity contribution in [2.24, 2.45) is 0 Å². The maximum Gasteiger partial charge on any atom is 0.147 e. The summed E-state index contributed by atoms with van der Waals surface area (Å²) in [5.41, 5.74) is 3.38. The number of alkyl halides is 1. The zero-order chi connectivity index (χ0) is 10.7. The first-order valence-corrected chi connectivity index (χ1v) is 6.07. The van der Waals surface area contributed by atoms with Gasteiger partial charge in [0.15, 0.2) is 0 Å². The molecule has 2 nitrogen and oxygen atoms in total. The highest BCUT2D eigenvalue weighted by Gasteiger charge is 2.08. The second-order valence-electron chi connectivity index (χ2n) is 3.32. The summed E-state index contributed by atoms with van der Waals surface area (Å²) in [6, 6.07) is 10.3. The minimum atomic E-state index is 0.703. The van der Waals surface area contributed by atoms with Crippen LogP contribution in [-0.4, -0.2) is 5.16 Å². The van der Waals surface area contributed by atoms with Gasteiger partial charge in [0, 0.05) is 11.6 Å². The van der Waals surface area contributed by atoms with Crippen LogP contribution >= 0.6 is 15.9 Å². The highest BCUT2D eigenvalue weighted by atomic mass is 79.9. The number of halogens is 1. The molecule has 78 valence electrons. The molecule has 0 aliphatic heterocycles. The smallest absolute Gasteiger partial charge is 0.147 e. The van der Waals surface area contributed by atoms with E-state index in [0.717, 1.165) is 23.4 Å². The number of hydrogen-bond acceptors (Lipinski definition) is 2. The maximum atomic E-state index is 5.17. The zero-order valence-electron chi connectivity index (χ0n) is 8.53. The lowest BCUT2D eigenvalue weighted by molar-refractivity contribution is 0.398. The van der Waals surface area contributed by atoms with Crippen LogP contribution in [-0.2, 0) is 11.8 Å². The molecule has 15 heavy (non-hydrogen) atoms. The van der Waals surface area contributed by atoms with Crippen LogP contribution in [0.15, 0.2) is 34.9 Å². The Kier molecular flexibility index (Phi) is 3.21. The Bertz CT molecular complexity index is 450. The highest BCUT2D eigenvalue weighted by Crippen LogP contribution is 2.24. The largest absolute Gasteiger partial charge is 0.360 e. The number of aromatic nitrogens is 1. The molecule has 0 amide bonds. The Balaban J connectivity index is 2.44. The van der Waals surface area contributed by atoms with Gasteiger partial charge < -0.3 is 4.52 Å². The molecule has 0 radical (unpaired) electrons. The standard InChI is InChI=1S/C12H12BrNO/c1-2-9-5-3-4-6-11(9)12-7-10(8-13)15-14-12/h3-7H,2,8H2,1H3. The number of aryl methyl sites for hydroxylation is 1. The fourth-order valence-corrected chi connectivity index (χ4v) is 1.85. The lowest BCUT2D eigenvalue weighted by atomic mass is 10.0. The molecule has 1 aromatic carbocycles. The molecule has 2 rings (SSSR count). The SMILES string of the molecule is CCc1ccccc1-c1cc(CBr)on1. The molecule has 0 fully saturated rings. The molecule has 0 unspecified atom stereocenters. The lowest BCUT2D eigenvalue weighted by Crippen LogP contribution is -1.86. The fourth-order valence-electron chi connectivity index (χ4n) is 1.58. The summed E-state index contributed by atoms with van der Waals surface area (Å²) < 4.78 is 5.17. The molecule has 0 saturated carbocycles. The average molecular weight is 266 g/mol. The van der Waals surface area contributed by atoms with Crippen molar-refractivity contribution in [1.29, 1.82) is 0 Å². The van der Waals surface area contributed by atoms with Crippen molar-refractivity contribution in [3.63, 3.8) is 0 Å². The van der Waals surface area contributed by atoms with E-state index < -0.39 is 0 Å². The number of benzene rings is 1. The summed E-state index contributed by atoms with van der Waals surface area (Å²) in [6.45, 7) is 2.14.